The van der Waals surface area contributed by atoms with Crippen LogP contribution in [0.4, 0.5) is 5.82 Å². The highest BCUT2D eigenvalue weighted by molar-refractivity contribution is 7.98. The Morgan fingerprint density at radius 2 is 2.05 bits per heavy atom. The van der Waals surface area contributed by atoms with Crippen molar-refractivity contribution < 1.29 is 4.79 Å². The Labute approximate surface area is 126 Å². The molecule has 0 saturated carbocycles. The maximum atomic E-state index is 12.1. The van der Waals surface area contributed by atoms with Crippen LogP contribution in [0.25, 0.3) is 0 Å². The second-order valence-electron chi connectivity index (χ2n) is 4.66. The number of hydrogen-bond donors (Lipinski definition) is 2. The Balaban J connectivity index is 2.81. The van der Waals surface area contributed by atoms with Crippen molar-refractivity contribution in [1.29, 1.82) is 0 Å². The van der Waals surface area contributed by atoms with Crippen LogP contribution >= 0.6 is 11.8 Å². The molecule has 0 spiro atoms. The lowest BCUT2D eigenvalue weighted by atomic mass is 10.1. The lowest BCUT2D eigenvalue weighted by Gasteiger charge is -2.10. The fourth-order valence-electron chi connectivity index (χ4n) is 1.82. The highest BCUT2D eigenvalue weighted by Gasteiger charge is 2.09. The van der Waals surface area contributed by atoms with E-state index in [2.05, 4.69) is 29.5 Å². The predicted octanol–water partition coefficient (Wildman–Crippen LogP) is 2.95. The highest BCUT2D eigenvalue weighted by Crippen LogP contribution is 2.12. The summed E-state index contributed by atoms with van der Waals surface area (Å²) in [7, 11) is 0. The van der Waals surface area contributed by atoms with Gasteiger partial charge in [0.05, 0.1) is 0 Å². The van der Waals surface area contributed by atoms with Crippen LogP contribution in [0.2, 0.25) is 0 Å². The number of thioether (sulfide) groups is 1. The molecule has 4 nitrogen and oxygen atoms in total. The summed E-state index contributed by atoms with van der Waals surface area (Å²) in [6.45, 7) is 5.80. The molecule has 0 aromatic carbocycles. The third kappa shape index (κ3) is 5.82. The molecular weight excluding hydrogens is 270 g/mol. The van der Waals surface area contributed by atoms with Crippen molar-refractivity contribution in [3.63, 3.8) is 0 Å². The molecule has 0 aliphatic carbocycles. The van der Waals surface area contributed by atoms with Gasteiger partial charge in [0.25, 0.3) is 5.91 Å². The smallest absolute Gasteiger partial charge is 0.251 e. The molecule has 112 valence electrons. The Kier molecular flexibility index (Phi) is 8.11. The molecule has 20 heavy (non-hydrogen) atoms. The first kappa shape index (κ1) is 16.8. The molecule has 0 aliphatic heterocycles. The Morgan fingerprint density at radius 1 is 1.25 bits per heavy atom. The normalized spacial score (nSPS) is 10.3. The van der Waals surface area contributed by atoms with Gasteiger partial charge in [0, 0.05) is 30.1 Å². The van der Waals surface area contributed by atoms with Crippen molar-refractivity contribution in [1.82, 2.24) is 10.3 Å². The van der Waals surface area contributed by atoms with Gasteiger partial charge in [0.2, 0.25) is 0 Å². The average molecular weight is 295 g/mol. The number of aromatic nitrogens is 1. The fraction of sp³-hybridized carbons (Fsp3) is 0.600. The van der Waals surface area contributed by atoms with E-state index in [1.165, 1.54) is 0 Å². The van der Waals surface area contributed by atoms with E-state index in [-0.39, 0.29) is 5.91 Å². The summed E-state index contributed by atoms with van der Waals surface area (Å²) >= 11 is 1.72. The predicted molar refractivity (Wildman–Crippen MR) is 87.7 cm³/mol. The highest BCUT2D eigenvalue weighted by atomic mass is 32.2. The summed E-state index contributed by atoms with van der Waals surface area (Å²) < 4.78 is 0. The van der Waals surface area contributed by atoms with Crippen LogP contribution in [0.1, 0.15) is 42.7 Å². The fourth-order valence-corrected chi connectivity index (χ4v) is 2.12. The van der Waals surface area contributed by atoms with Crippen molar-refractivity contribution in [2.75, 3.05) is 30.4 Å². The number of anilines is 1. The quantitative estimate of drug-likeness (QED) is 0.688. The molecule has 1 heterocycles. The van der Waals surface area contributed by atoms with Gasteiger partial charge >= 0.3 is 0 Å². The van der Waals surface area contributed by atoms with Gasteiger partial charge in [-0.2, -0.15) is 11.8 Å². The maximum Gasteiger partial charge on any atom is 0.251 e. The third-order valence-electron chi connectivity index (χ3n) is 2.79. The van der Waals surface area contributed by atoms with E-state index in [9.17, 15) is 4.79 Å². The first-order valence-electron chi connectivity index (χ1n) is 7.23. The minimum atomic E-state index is -0.0154. The maximum absolute atomic E-state index is 12.1. The SMILES string of the molecule is CCCNc1cc(C(=O)NCCSC)cc(CCC)n1. The summed E-state index contributed by atoms with van der Waals surface area (Å²) in [5.41, 5.74) is 1.67. The van der Waals surface area contributed by atoms with Gasteiger partial charge in [-0.3, -0.25) is 4.79 Å². The Hall–Kier alpha value is -1.23. The van der Waals surface area contributed by atoms with Crippen molar-refractivity contribution in [2.45, 2.75) is 33.1 Å². The van der Waals surface area contributed by atoms with E-state index in [0.717, 1.165) is 43.1 Å². The first-order chi connectivity index (χ1) is 9.71. The third-order valence-corrected chi connectivity index (χ3v) is 3.41. The molecule has 0 bridgehead atoms. The Morgan fingerprint density at radius 3 is 2.70 bits per heavy atom. The number of carbonyl (C=O) groups excluding carboxylic acids is 1. The van der Waals surface area contributed by atoms with Gasteiger partial charge in [-0.15, -0.1) is 0 Å². The molecule has 5 heteroatoms. The van der Waals surface area contributed by atoms with Gasteiger partial charge in [-0.05, 0) is 31.2 Å². The lowest BCUT2D eigenvalue weighted by Crippen LogP contribution is -2.26. The van der Waals surface area contributed by atoms with E-state index >= 15 is 0 Å². The molecule has 0 radical (unpaired) electrons. The number of amides is 1. The van der Waals surface area contributed by atoms with Crippen molar-refractivity contribution in [3.8, 4) is 0 Å². The summed E-state index contributed by atoms with van der Waals surface area (Å²) in [6, 6.07) is 3.73. The van der Waals surface area contributed by atoms with Crippen LogP contribution in [0, 0.1) is 0 Å². The summed E-state index contributed by atoms with van der Waals surface area (Å²) in [5, 5.41) is 6.20. The molecule has 0 atom stereocenters. The van der Waals surface area contributed by atoms with Gasteiger partial charge in [0.1, 0.15) is 5.82 Å². The monoisotopic (exact) mass is 295 g/mol. The molecule has 0 fully saturated rings. The van der Waals surface area contributed by atoms with E-state index in [1.54, 1.807) is 11.8 Å². The molecule has 1 aromatic heterocycles. The number of pyridine rings is 1. The molecule has 1 aromatic rings. The zero-order valence-electron chi connectivity index (χ0n) is 12.7. The number of rotatable bonds is 9. The van der Waals surface area contributed by atoms with Crippen LogP contribution in [0.3, 0.4) is 0 Å². The summed E-state index contributed by atoms with van der Waals surface area (Å²) in [4.78, 5) is 16.7. The van der Waals surface area contributed by atoms with Crippen molar-refractivity contribution in [2.24, 2.45) is 0 Å². The van der Waals surface area contributed by atoms with E-state index < -0.39 is 0 Å². The number of hydrogen-bond acceptors (Lipinski definition) is 4. The zero-order chi connectivity index (χ0) is 14.8. The number of aryl methyl sites for hydroxylation is 1. The van der Waals surface area contributed by atoms with Crippen molar-refractivity contribution >= 4 is 23.5 Å². The lowest BCUT2D eigenvalue weighted by molar-refractivity contribution is 0.0956. The van der Waals surface area contributed by atoms with E-state index in [4.69, 9.17) is 0 Å². The Bertz CT molecular complexity index is 424. The molecule has 1 rings (SSSR count). The van der Waals surface area contributed by atoms with Crippen LogP contribution in [-0.2, 0) is 6.42 Å². The number of nitrogens with zero attached hydrogens (tertiary/aromatic N) is 1. The van der Waals surface area contributed by atoms with E-state index in [1.807, 2.05) is 18.4 Å². The van der Waals surface area contributed by atoms with Gasteiger partial charge in [0.15, 0.2) is 0 Å². The summed E-state index contributed by atoms with van der Waals surface area (Å²) in [5.74, 6) is 1.71. The van der Waals surface area contributed by atoms with Crippen LogP contribution in [0.15, 0.2) is 12.1 Å². The van der Waals surface area contributed by atoms with Gasteiger partial charge < -0.3 is 10.6 Å². The largest absolute Gasteiger partial charge is 0.370 e. The zero-order valence-corrected chi connectivity index (χ0v) is 13.5. The molecule has 1 amide bonds. The van der Waals surface area contributed by atoms with E-state index in [0.29, 0.717) is 12.1 Å². The van der Waals surface area contributed by atoms with Crippen LogP contribution < -0.4 is 10.6 Å². The number of carbonyl (C=O) groups is 1. The van der Waals surface area contributed by atoms with Crippen LogP contribution in [-0.4, -0.2) is 36.0 Å². The van der Waals surface area contributed by atoms with Gasteiger partial charge in [-0.1, -0.05) is 20.3 Å². The van der Waals surface area contributed by atoms with Gasteiger partial charge in [-0.25, -0.2) is 4.98 Å². The molecule has 2 N–H and O–H groups in total. The number of nitrogens with one attached hydrogen (secondary N) is 2. The first-order valence-corrected chi connectivity index (χ1v) is 8.62. The second-order valence-corrected chi connectivity index (χ2v) is 5.64. The summed E-state index contributed by atoms with van der Waals surface area (Å²) in [6.07, 6.45) is 4.99. The average Bonchev–Trinajstić information content (AvgIpc) is 2.45. The molecule has 0 aliphatic rings. The topological polar surface area (TPSA) is 54.0 Å². The minimum Gasteiger partial charge on any atom is -0.370 e. The molecular formula is C15H25N3OS. The molecule has 0 saturated heterocycles. The second kappa shape index (κ2) is 9.64. The molecule has 0 unspecified atom stereocenters. The van der Waals surface area contributed by atoms with Crippen molar-refractivity contribution in [3.05, 3.63) is 23.4 Å². The van der Waals surface area contributed by atoms with Crippen LogP contribution in [0.5, 0.6) is 0 Å². The standard InChI is InChI=1S/C15H25N3OS/c1-4-6-13-10-12(15(19)17-8-9-20-3)11-14(18-13)16-7-5-2/h10-11H,4-9H2,1-3H3,(H,16,18)(H,17,19). The minimum absolute atomic E-state index is 0.0154.